The van der Waals surface area contributed by atoms with Crippen LogP contribution in [0.2, 0.25) is 0 Å². The number of carboxylic acid groups (broad SMARTS) is 1. The van der Waals surface area contributed by atoms with E-state index in [1.54, 1.807) is 0 Å². The molecule has 2 heterocycles. The van der Waals surface area contributed by atoms with Gasteiger partial charge in [-0.2, -0.15) is 0 Å². The highest BCUT2D eigenvalue weighted by atomic mass is 16.4. The third kappa shape index (κ3) is 3.62. The third-order valence-corrected chi connectivity index (χ3v) is 3.41. The van der Waals surface area contributed by atoms with Gasteiger partial charge in [-0.1, -0.05) is 18.2 Å². The molecule has 0 aromatic carbocycles. The van der Waals surface area contributed by atoms with Crippen molar-refractivity contribution in [1.82, 2.24) is 14.3 Å². The van der Waals surface area contributed by atoms with E-state index in [4.69, 9.17) is 5.11 Å². The predicted octanol–water partition coefficient (Wildman–Crippen LogP) is 2.44. The van der Waals surface area contributed by atoms with E-state index in [1.165, 1.54) is 0 Å². The fourth-order valence-electron chi connectivity index (χ4n) is 2.48. The molecule has 0 atom stereocenters. The second-order valence-electron chi connectivity index (χ2n) is 5.28. The molecule has 0 unspecified atom stereocenters. The van der Waals surface area contributed by atoms with Crippen LogP contribution in [0.15, 0.2) is 43.6 Å². The molecular formula is C17H21N3O2. The Morgan fingerprint density at radius 2 is 2.05 bits per heavy atom. The molecule has 0 amide bonds. The zero-order valence-electron chi connectivity index (χ0n) is 12.8. The highest BCUT2D eigenvalue weighted by molar-refractivity contribution is 5.70. The molecule has 1 N–H and O–H groups in total. The maximum Gasteiger partial charge on any atom is 0.309 e. The molecule has 0 aliphatic heterocycles. The first kappa shape index (κ1) is 16.0. The zero-order valence-corrected chi connectivity index (χ0v) is 12.8. The lowest BCUT2D eigenvalue weighted by atomic mass is 10.2. The van der Waals surface area contributed by atoms with Gasteiger partial charge in [-0.3, -0.25) is 9.69 Å². The zero-order chi connectivity index (χ0) is 16.1. The molecule has 2 aromatic rings. The fraction of sp³-hybridized carbons (Fsp3) is 0.294. The maximum absolute atomic E-state index is 11.1. The number of carboxylic acids is 1. The average Bonchev–Trinajstić information content (AvgIpc) is 2.76. The minimum atomic E-state index is -0.875. The topological polar surface area (TPSA) is 57.8 Å². The van der Waals surface area contributed by atoms with Crippen molar-refractivity contribution >= 4 is 11.6 Å². The number of aliphatic carboxylic acids is 1. The van der Waals surface area contributed by atoms with Gasteiger partial charge >= 0.3 is 5.97 Å². The van der Waals surface area contributed by atoms with Crippen molar-refractivity contribution < 1.29 is 9.90 Å². The number of imidazole rings is 1. The Labute approximate surface area is 130 Å². The van der Waals surface area contributed by atoms with Crippen LogP contribution < -0.4 is 0 Å². The Balaban J connectivity index is 2.46. The van der Waals surface area contributed by atoms with Crippen LogP contribution in [0.25, 0.3) is 5.65 Å². The fourth-order valence-corrected chi connectivity index (χ4v) is 2.48. The van der Waals surface area contributed by atoms with Gasteiger partial charge in [0.1, 0.15) is 5.65 Å². The molecular weight excluding hydrogens is 278 g/mol. The molecule has 2 rings (SSSR count). The molecule has 0 radical (unpaired) electrons. The molecule has 0 spiro atoms. The lowest BCUT2D eigenvalue weighted by molar-refractivity contribution is -0.136. The molecule has 116 valence electrons. The Hall–Kier alpha value is -2.40. The van der Waals surface area contributed by atoms with Crippen LogP contribution in [0.1, 0.15) is 17.0 Å². The highest BCUT2D eigenvalue weighted by Gasteiger charge is 2.17. The minimum Gasteiger partial charge on any atom is -0.481 e. The first-order chi connectivity index (χ1) is 10.5. The van der Waals surface area contributed by atoms with Gasteiger partial charge in [0.15, 0.2) is 0 Å². The van der Waals surface area contributed by atoms with Gasteiger partial charge in [0.2, 0.25) is 0 Å². The summed E-state index contributed by atoms with van der Waals surface area (Å²) in [5.74, 6) is -0.875. The van der Waals surface area contributed by atoms with Crippen LogP contribution in [-0.4, -0.2) is 38.4 Å². The first-order valence-electron chi connectivity index (χ1n) is 7.17. The van der Waals surface area contributed by atoms with E-state index in [9.17, 15) is 4.79 Å². The van der Waals surface area contributed by atoms with Crippen LogP contribution >= 0.6 is 0 Å². The number of hydrogen-bond donors (Lipinski definition) is 1. The van der Waals surface area contributed by atoms with Crippen molar-refractivity contribution in [2.45, 2.75) is 19.9 Å². The summed E-state index contributed by atoms with van der Waals surface area (Å²) in [7, 11) is 0. The summed E-state index contributed by atoms with van der Waals surface area (Å²) in [5.41, 5.74) is 3.39. The van der Waals surface area contributed by atoms with Crippen molar-refractivity contribution in [3.8, 4) is 0 Å². The molecule has 2 aromatic heterocycles. The lowest BCUT2D eigenvalue weighted by Gasteiger charge is -2.19. The van der Waals surface area contributed by atoms with Crippen LogP contribution in [0.3, 0.4) is 0 Å². The average molecular weight is 299 g/mol. The van der Waals surface area contributed by atoms with Crippen molar-refractivity contribution in [1.29, 1.82) is 0 Å². The van der Waals surface area contributed by atoms with Crippen molar-refractivity contribution in [3.05, 3.63) is 60.6 Å². The molecule has 0 saturated heterocycles. The summed E-state index contributed by atoms with van der Waals surface area (Å²) in [6.07, 6.45) is 5.57. The molecule has 0 saturated carbocycles. The van der Waals surface area contributed by atoms with Gasteiger partial charge in [0, 0.05) is 25.8 Å². The van der Waals surface area contributed by atoms with Crippen molar-refractivity contribution in [2.24, 2.45) is 0 Å². The van der Waals surface area contributed by atoms with Gasteiger partial charge in [-0.25, -0.2) is 4.98 Å². The molecule has 22 heavy (non-hydrogen) atoms. The number of hydrogen-bond acceptors (Lipinski definition) is 3. The van der Waals surface area contributed by atoms with E-state index in [0.717, 1.165) is 16.9 Å². The van der Waals surface area contributed by atoms with Gasteiger partial charge in [-0.15, -0.1) is 13.2 Å². The first-order valence-corrected chi connectivity index (χ1v) is 7.17. The number of aryl methyl sites for hydroxylation is 1. The molecule has 0 fully saturated rings. The van der Waals surface area contributed by atoms with E-state index in [-0.39, 0.29) is 6.42 Å². The Kier molecular flexibility index (Phi) is 5.12. The summed E-state index contributed by atoms with van der Waals surface area (Å²) in [5, 5.41) is 9.12. The van der Waals surface area contributed by atoms with Crippen molar-refractivity contribution in [2.75, 3.05) is 13.1 Å². The van der Waals surface area contributed by atoms with E-state index < -0.39 is 5.97 Å². The second-order valence-corrected chi connectivity index (χ2v) is 5.28. The van der Waals surface area contributed by atoms with Crippen LogP contribution in [0.4, 0.5) is 0 Å². The highest BCUT2D eigenvalue weighted by Crippen LogP contribution is 2.17. The molecule has 5 heteroatoms. The summed E-state index contributed by atoms with van der Waals surface area (Å²) in [4.78, 5) is 17.7. The monoisotopic (exact) mass is 299 g/mol. The number of carbonyl (C=O) groups is 1. The van der Waals surface area contributed by atoms with E-state index in [2.05, 4.69) is 23.0 Å². The normalized spacial score (nSPS) is 11.0. The van der Waals surface area contributed by atoms with E-state index in [1.807, 2.05) is 41.8 Å². The smallest absolute Gasteiger partial charge is 0.309 e. The second kappa shape index (κ2) is 7.04. The van der Waals surface area contributed by atoms with Crippen LogP contribution in [-0.2, 0) is 17.8 Å². The molecule has 0 aliphatic carbocycles. The van der Waals surface area contributed by atoms with E-state index in [0.29, 0.717) is 25.3 Å². The summed E-state index contributed by atoms with van der Waals surface area (Å²) < 4.78 is 1.98. The minimum absolute atomic E-state index is 0.0773. The number of aromatic nitrogens is 2. The van der Waals surface area contributed by atoms with Gasteiger partial charge < -0.3 is 9.51 Å². The quantitative estimate of drug-likeness (QED) is 0.761. The number of nitrogens with zero attached hydrogens (tertiary/aromatic N) is 3. The molecule has 0 bridgehead atoms. The summed E-state index contributed by atoms with van der Waals surface area (Å²) in [6, 6.07) is 3.89. The standard InChI is InChI=1S/C17H21N3O2/c1-4-8-19(9-5-2)12-15-14(10-17(21)22)18-16-7-6-13(3)11-20(15)16/h4-7,11H,1-2,8-10,12H2,3H3,(H,21,22). The van der Waals surface area contributed by atoms with E-state index >= 15 is 0 Å². The Morgan fingerprint density at radius 3 is 2.64 bits per heavy atom. The number of rotatable bonds is 8. The molecule has 5 nitrogen and oxygen atoms in total. The van der Waals surface area contributed by atoms with Gasteiger partial charge in [0.25, 0.3) is 0 Å². The number of pyridine rings is 1. The van der Waals surface area contributed by atoms with Crippen LogP contribution in [0.5, 0.6) is 0 Å². The largest absolute Gasteiger partial charge is 0.481 e. The third-order valence-electron chi connectivity index (χ3n) is 3.41. The van der Waals surface area contributed by atoms with Crippen LogP contribution in [0, 0.1) is 6.92 Å². The summed E-state index contributed by atoms with van der Waals surface area (Å²) in [6.45, 7) is 11.6. The SMILES string of the molecule is C=CCN(CC=C)Cc1c(CC(=O)O)nc2ccc(C)cn12. The Bertz CT molecular complexity index is 693. The maximum atomic E-state index is 11.1. The summed E-state index contributed by atoms with van der Waals surface area (Å²) >= 11 is 0. The molecule has 0 aliphatic rings. The van der Waals surface area contributed by atoms with Gasteiger partial charge in [0.05, 0.1) is 17.8 Å². The predicted molar refractivity (Wildman–Crippen MR) is 86.9 cm³/mol. The number of fused-ring (bicyclic) bond motifs is 1. The Morgan fingerprint density at radius 1 is 1.36 bits per heavy atom. The lowest BCUT2D eigenvalue weighted by Crippen LogP contribution is -2.25. The van der Waals surface area contributed by atoms with Gasteiger partial charge in [-0.05, 0) is 18.6 Å². The van der Waals surface area contributed by atoms with Crippen molar-refractivity contribution in [3.63, 3.8) is 0 Å².